The molecule has 130 valence electrons. The van der Waals surface area contributed by atoms with Gasteiger partial charge < -0.3 is 14.7 Å². The minimum absolute atomic E-state index is 0.0112. The molecule has 1 heterocycles. The fourth-order valence-electron chi connectivity index (χ4n) is 3.57. The third-order valence-corrected chi connectivity index (χ3v) is 4.68. The number of ether oxygens (including phenoxy) is 1. The standard InChI is InChI=1S/C18H28FNO3/c1-12-9-14(19)5-6-15(12)16-7-8-20(10-13(16)11-21)17(22)23-18(2,3)4/h5-6,9,12-13,15-16,21H,7-8,10-11H2,1-4H3/t12?,13-,15-,16?/m0/s1. The lowest BCUT2D eigenvalue weighted by Gasteiger charge is -2.42. The first-order valence-corrected chi connectivity index (χ1v) is 8.35. The van der Waals surface area contributed by atoms with E-state index in [0.29, 0.717) is 13.1 Å². The van der Waals surface area contributed by atoms with E-state index in [9.17, 15) is 14.3 Å². The smallest absolute Gasteiger partial charge is 0.410 e. The van der Waals surface area contributed by atoms with Crippen molar-refractivity contribution in [1.82, 2.24) is 4.90 Å². The molecule has 1 fully saturated rings. The second kappa shape index (κ2) is 7.04. The van der Waals surface area contributed by atoms with Crippen LogP contribution in [0.25, 0.3) is 0 Å². The summed E-state index contributed by atoms with van der Waals surface area (Å²) in [5.74, 6) is 0.345. The van der Waals surface area contributed by atoms with Gasteiger partial charge in [0.2, 0.25) is 0 Å². The Balaban J connectivity index is 2.02. The molecule has 2 aliphatic rings. The van der Waals surface area contributed by atoms with Crippen LogP contribution in [-0.4, -0.2) is 41.4 Å². The van der Waals surface area contributed by atoms with Crippen molar-refractivity contribution in [1.29, 1.82) is 0 Å². The predicted octanol–water partition coefficient (Wildman–Crippen LogP) is 3.53. The first kappa shape index (κ1) is 18.0. The average Bonchev–Trinajstić information content (AvgIpc) is 2.45. The zero-order chi connectivity index (χ0) is 17.2. The molecule has 1 saturated heterocycles. The minimum atomic E-state index is -0.522. The second-order valence-electron chi connectivity index (χ2n) is 7.67. The number of amides is 1. The van der Waals surface area contributed by atoms with Crippen molar-refractivity contribution in [2.75, 3.05) is 19.7 Å². The highest BCUT2D eigenvalue weighted by atomic mass is 19.1. The number of aliphatic hydroxyl groups excluding tert-OH is 1. The summed E-state index contributed by atoms with van der Waals surface area (Å²) < 4.78 is 18.8. The predicted molar refractivity (Wildman–Crippen MR) is 87.5 cm³/mol. The van der Waals surface area contributed by atoms with E-state index in [1.54, 1.807) is 11.0 Å². The van der Waals surface area contributed by atoms with E-state index in [-0.39, 0.29) is 42.2 Å². The van der Waals surface area contributed by atoms with Gasteiger partial charge in [-0.25, -0.2) is 9.18 Å². The highest BCUT2D eigenvalue weighted by molar-refractivity contribution is 5.68. The van der Waals surface area contributed by atoms with Crippen molar-refractivity contribution in [2.24, 2.45) is 23.7 Å². The number of likely N-dealkylation sites (tertiary alicyclic amines) is 1. The van der Waals surface area contributed by atoms with Crippen LogP contribution in [0.2, 0.25) is 0 Å². The number of hydrogen-bond acceptors (Lipinski definition) is 3. The van der Waals surface area contributed by atoms with Gasteiger partial charge in [-0.2, -0.15) is 0 Å². The van der Waals surface area contributed by atoms with Gasteiger partial charge in [-0.05, 0) is 57.1 Å². The van der Waals surface area contributed by atoms with Crippen molar-refractivity contribution in [3.8, 4) is 0 Å². The summed E-state index contributed by atoms with van der Waals surface area (Å²) in [6.07, 6.45) is 5.53. The van der Waals surface area contributed by atoms with Crippen LogP contribution < -0.4 is 0 Å². The summed E-state index contributed by atoms with van der Waals surface area (Å²) in [5, 5.41) is 9.77. The van der Waals surface area contributed by atoms with Gasteiger partial charge in [-0.1, -0.05) is 13.0 Å². The van der Waals surface area contributed by atoms with Gasteiger partial charge in [0.15, 0.2) is 0 Å². The molecule has 0 radical (unpaired) electrons. The molecule has 5 heteroatoms. The van der Waals surface area contributed by atoms with Gasteiger partial charge in [-0.15, -0.1) is 0 Å². The third kappa shape index (κ3) is 4.56. The maximum Gasteiger partial charge on any atom is 0.410 e. The number of carbonyl (C=O) groups is 1. The van der Waals surface area contributed by atoms with Crippen LogP contribution in [0.1, 0.15) is 34.1 Å². The number of nitrogens with zero attached hydrogens (tertiary/aromatic N) is 1. The Bertz CT molecular complexity index is 495. The van der Waals surface area contributed by atoms with E-state index in [1.165, 1.54) is 6.08 Å². The van der Waals surface area contributed by atoms with Crippen molar-refractivity contribution in [3.63, 3.8) is 0 Å². The molecule has 4 nitrogen and oxygen atoms in total. The molecule has 4 atom stereocenters. The van der Waals surface area contributed by atoms with Crippen LogP contribution in [0.5, 0.6) is 0 Å². The van der Waals surface area contributed by atoms with Gasteiger partial charge in [-0.3, -0.25) is 0 Å². The Labute approximate surface area is 138 Å². The molecule has 1 aliphatic carbocycles. The summed E-state index contributed by atoms with van der Waals surface area (Å²) in [4.78, 5) is 13.9. The maximum atomic E-state index is 13.3. The first-order valence-electron chi connectivity index (χ1n) is 8.35. The highest BCUT2D eigenvalue weighted by Crippen LogP contribution is 2.38. The number of aliphatic hydroxyl groups is 1. The molecular weight excluding hydrogens is 297 g/mol. The quantitative estimate of drug-likeness (QED) is 0.845. The molecule has 0 aromatic heterocycles. The maximum absolute atomic E-state index is 13.3. The Morgan fingerprint density at radius 2 is 2.17 bits per heavy atom. The van der Waals surface area contributed by atoms with E-state index in [4.69, 9.17) is 4.74 Å². The Hall–Kier alpha value is -1.36. The van der Waals surface area contributed by atoms with Gasteiger partial charge in [0.25, 0.3) is 0 Å². The van der Waals surface area contributed by atoms with Crippen molar-refractivity contribution < 1.29 is 19.0 Å². The number of rotatable bonds is 2. The van der Waals surface area contributed by atoms with E-state index in [1.807, 2.05) is 33.8 Å². The molecule has 1 N–H and O–H groups in total. The Morgan fingerprint density at radius 1 is 1.48 bits per heavy atom. The SMILES string of the molecule is CC1C=C(F)C=C[C@@H]1C1CCN(C(=O)OC(C)(C)C)C[C@H]1CO. The zero-order valence-electron chi connectivity index (χ0n) is 14.5. The van der Waals surface area contributed by atoms with Gasteiger partial charge >= 0.3 is 6.09 Å². The molecule has 2 unspecified atom stereocenters. The van der Waals surface area contributed by atoms with Crippen LogP contribution >= 0.6 is 0 Å². The molecule has 0 aromatic rings. The first-order chi connectivity index (χ1) is 10.7. The van der Waals surface area contributed by atoms with Crippen LogP contribution in [0.15, 0.2) is 24.1 Å². The van der Waals surface area contributed by atoms with Gasteiger partial charge in [0.05, 0.1) is 0 Å². The van der Waals surface area contributed by atoms with E-state index >= 15 is 0 Å². The molecule has 23 heavy (non-hydrogen) atoms. The van der Waals surface area contributed by atoms with Crippen molar-refractivity contribution in [3.05, 3.63) is 24.1 Å². The number of piperidine rings is 1. The van der Waals surface area contributed by atoms with Gasteiger partial charge in [0.1, 0.15) is 11.4 Å². The lowest BCUT2D eigenvalue weighted by Crippen LogP contribution is -2.48. The van der Waals surface area contributed by atoms with Crippen LogP contribution in [-0.2, 0) is 4.74 Å². The minimum Gasteiger partial charge on any atom is -0.444 e. The summed E-state index contributed by atoms with van der Waals surface area (Å²) in [6.45, 7) is 8.65. The molecule has 0 spiro atoms. The lowest BCUT2D eigenvalue weighted by molar-refractivity contribution is -0.00270. The molecule has 1 aliphatic heterocycles. The largest absolute Gasteiger partial charge is 0.444 e. The van der Waals surface area contributed by atoms with E-state index < -0.39 is 5.60 Å². The van der Waals surface area contributed by atoms with Crippen LogP contribution in [0.3, 0.4) is 0 Å². The fraction of sp³-hybridized carbons (Fsp3) is 0.722. The van der Waals surface area contributed by atoms with Crippen molar-refractivity contribution >= 4 is 6.09 Å². The number of carbonyl (C=O) groups excluding carboxylic acids is 1. The summed E-state index contributed by atoms with van der Waals surface area (Å²) in [7, 11) is 0. The highest BCUT2D eigenvalue weighted by Gasteiger charge is 2.38. The third-order valence-electron chi connectivity index (χ3n) is 4.68. The lowest BCUT2D eigenvalue weighted by atomic mass is 9.70. The Kier molecular flexibility index (Phi) is 5.50. The number of allylic oxidation sites excluding steroid dienone is 4. The number of hydrogen-bond donors (Lipinski definition) is 1. The van der Waals surface area contributed by atoms with E-state index in [2.05, 4.69) is 0 Å². The van der Waals surface area contributed by atoms with Crippen LogP contribution in [0, 0.1) is 23.7 Å². The molecule has 1 amide bonds. The second-order valence-corrected chi connectivity index (χ2v) is 7.67. The number of halogens is 1. The summed E-state index contributed by atoms with van der Waals surface area (Å²) >= 11 is 0. The van der Waals surface area contributed by atoms with Gasteiger partial charge in [0, 0.05) is 25.6 Å². The molecule has 0 bridgehead atoms. The molecular formula is C18H28FNO3. The summed E-state index contributed by atoms with van der Waals surface area (Å²) in [5.41, 5.74) is -0.522. The zero-order valence-corrected chi connectivity index (χ0v) is 14.5. The molecule has 0 saturated carbocycles. The fourth-order valence-corrected chi connectivity index (χ4v) is 3.57. The van der Waals surface area contributed by atoms with E-state index in [0.717, 1.165) is 6.42 Å². The molecule has 2 rings (SSSR count). The van der Waals surface area contributed by atoms with Crippen LogP contribution in [0.4, 0.5) is 9.18 Å². The average molecular weight is 325 g/mol. The normalized spacial score (nSPS) is 31.7. The Morgan fingerprint density at radius 3 is 2.74 bits per heavy atom. The summed E-state index contributed by atoms with van der Waals surface area (Å²) in [6, 6.07) is 0. The molecule has 0 aromatic carbocycles. The topological polar surface area (TPSA) is 49.8 Å². The monoisotopic (exact) mass is 325 g/mol. The van der Waals surface area contributed by atoms with Crippen molar-refractivity contribution in [2.45, 2.75) is 39.7 Å².